The lowest BCUT2D eigenvalue weighted by molar-refractivity contribution is 0.276. The minimum Gasteiger partial charge on any atom is -0.493 e. The number of benzene rings is 2. The summed E-state index contributed by atoms with van der Waals surface area (Å²) >= 11 is 9.40. The van der Waals surface area contributed by atoms with Crippen molar-refractivity contribution in [3.05, 3.63) is 57.0 Å². The Morgan fingerprint density at radius 2 is 2.14 bits per heavy atom. The zero-order chi connectivity index (χ0) is 14.8. The molecule has 0 bridgehead atoms. The average molecular weight is 369 g/mol. The summed E-state index contributed by atoms with van der Waals surface area (Å²) in [6, 6.07) is 11.5. The number of fused-ring (bicyclic) bond motifs is 1. The SMILES string of the molecule is OCC(Nc1ccc(Cl)c(Br)c1)c1ccc2c(c1)CCO2. The van der Waals surface area contributed by atoms with Gasteiger partial charge in [0.05, 0.1) is 24.3 Å². The second kappa shape index (κ2) is 6.26. The van der Waals surface area contributed by atoms with Gasteiger partial charge in [0.25, 0.3) is 0 Å². The van der Waals surface area contributed by atoms with Crippen LogP contribution >= 0.6 is 27.5 Å². The van der Waals surface area contributed by atoms with Gasteiger partial charge in [0, 0.05) is 16.6 Å². The van der Waals surface area contributed by atoms with E-state index in [2.05, 4.69) is 27.3 Å². The molecule has 0 amide bonds. The van der Waals surface area contributed by atoms with E-state index in [1.165, 1.54) is 5.56 Å². The molecule has 0 saturated heterocycles. The monoisotopic (exact) mass is 367 g/mol. The summed E-state index contributed by atoms with van der Waals surface area (Å²) in [5, 5.41) is 13.7. The maximum absolute atomic E-state index is 9.68. The summed E-state index contributed by atoms with van der Waals surface area (Å²) in [5.74, 6) is 0.949. The lowest BCUT2D eigenvalue weighted by Crippen LogP contribution is -2.15. The molecule has 3 rings (SSSR count). The van der Waals surface area contributed by atoms with Crippen molar-refractivity contribution in [3.63, 3.8) is 0 Å². The summed E-state index contributed by atoms with van der Waals surface area (Å²) in [4.78, 5) is 0. The van der Waals surface area contributed by atoms with Crippen LogP contribution < -0.4 is 10.1 Å². The Morgan fingerprint density at radius 1 is 1.29 bits per heavy atom. The Bertz CT molecular complexity index is 663. The maximum atomic E-state index is 9.68. The molecular formula is C16H15BrClNO2. The third-order valence-electron chi connectivity index (χ3n) is 3.56. The largest absolute Gasteiger partial charge is 0.493 e. The van der Waals surface area contributed by atoms with E-state index in [0.717, 1.165) is 34.5 Å². The fraction of sp³-hybridized carbons (Fsp3) is 0.250. The van der Waals surface area contributed by atoms with Crippen molar-refractivity contribution in [2.24, 2.45) is 0 Å². The highest BCUT2D eigenvalue weighted by atomic mass is 79.9. The third kappa shape index (κ3) is 3.18. The van der Waals surface area contributed by atoms with Crippen LogP contribution in [-0.4, -0.2) is 18.3 Å². The van der Waals surface area contributed by atoms with Crippen molar-refractivity contribution < 1.29 is 9.84 Å². The van der Waals surface area contributed by atoms with E-state index in [-0.39, 0.29) is 12.6 Å². The molecule has 0 saturated carbocycles. The quantitative estimate of drug-likeness (QED) is 0.850. The predicted molar refractivity (Wildman–Crippen MR) is 88.2 cm³/mol. The Hall–Kier alpha value is -1.23. The van der Waals surface area contributed by atoms with E-state index in [0.29, 0.717) is 5.02 Å². The van der Waals surface area contributed by atoms with Gasteiger partial charge in [-0.25, -0.2) is 0 Å². The highest BCUT2D eigenvalue weighted by molar-refractivity contribution is 9.10. The van der Waals surface area contributed by atoms with Crippen molar-refractivity contribution in [2.45, 2.75) is 12.5 Å². The summed E-state index contributed by atoms with van der Waals surface area (Å²) in [6.07, 6.45) is 0.924. The number of hydrogen-bond acceptors (Lipinski definition) is 3. The van der Waals surface area contributed by atoms with Crippen molar-refractivity contribution >= 4 is 33.2 Å². The molecular weight excluding hydrogens is 354 g/mol. The van der Waals surface area contributed by atoms with Crippen molar-refractivity contribution in [1.82, 2.24) is 0 Å². The second-order valence-corrected chi connectivity index (χ2v) is 6.24. The van der Waals surface area contributed by atoms with Crippen LogP contribution in [0.1, 0.15) is 17.2 Å². The lowest BCUT2D eigenvalue weighted by Gasteiger charge is -2.19. The zero-order valence-corrected chi connectivity index (χ0v) is 13.6. The van der Waals surface area contributed by atoms with E-state index < -0.39 is 0 Å². The molecule has 0 aliphatic carbocycles. The van der Waals surface area contributed by atoms with E-state index in [9.17, 15) is 5.11 Å². The summed E-state index contributed by atoms with van der Waals surface area (Å²) in [7, 11) is 0. The first kappa shape index (κ1) is 14.7. The molecule has 21 heavy (non-hydrogen) atoms. The number of anilines is 1. The first-order valence-electron chi connectivity index (χ1n) is 6.75. The molecule has 1 atom stereocenters. The Balaban J connectivity index is 1.83. The van der Waals surface area contributed by atoms with Gasteiger partial charge in [0.1, 0.15) is 5.75 Å². The molecule has 1 heterocycles. The number of rotatable bonds is 4. The first-order chi connectivity index (χ1) is 10.2. The van der Waals surface area contributed by atoms with Gasteiger partial charge in [-0.2, -0.15) is 0 Å². The van der Waals surface area contributed by atoms with Crippen LogP contribution in [-0.2, 0) is 6.42 Å². The lowest BCUT2D eigenvalue weighted by atomic mass is 10.0. The summed E-state index contributed by atoms with van der Waals surface area (Å²) in [5.41, 5.74) is 3.15. The Morgan fingerprint density at radius 3 is 2.90 bits per heavy atom. The molecule has 1 aliphatic rings. The molecule has 0 spiro atoms. The van der Waals surface area contributed by atoms with Crippen LogP contribution in [0.2, 0.25) is 5.02 Å². The van der Waals surface area contributed by atoms with Gasteiger partial charge in [0.2, 0.25) is 0 Å². The normalized spacial score (nSPS) is 14.4. The average Bonchev–Trinajstić information content (AvgIpc) is 2.95. The molecule has 1 unspecified atom stereocenters. The zero-order valence-electron chi connectivity index (χ0n) is 11.3. The minimum atomic E-state index is -0.163. The van der Waals surface area contributed by atoms with Gasteiger partial charge < -0.3 is 15.2 Å². The standard InChI is InChI=1S/C16H15BrClNO2/c17-13-8-12(2-3-14(13)18)19-15(9-20)10-1-4-16-11(7-10)5-6-21-16/h1-4,7-8,15,19-20H,5-6,9H2. The Labute approximate surface area is 137 Å². The van der Waals surface area contributed by atoms with Crippen LogP contribution in [0.15, 0.2) is 40.9 Å². The van der Waals surface area contributed by atoms with Crippen LogP contribution in [0.3, 0.4) is 0 Å². The minimum absolute atomic E-state index is 0.0138. The fourth-order valence-corrected chi connectivity index (χ4v) is 2.94. The molecule has 110 valence electrons. The summed E-state index contributed by atoms with van der Waals surface area (Å²) in [6.45, 7) is 0.750. The molecule has 1 aliphatic heterocycles. The van der Waals surface area contributed by atoms with Gasteiger partial charge in [-0.3, -0.25) is 0 Å². The van der Waals surface area contributed by atoms with Crippen molar-refractivity contribution in [3.8, 4) is 5.75 Å². The van der Waals surface area contributed by atoms with E-state index in [4.69, 9.17) is 16.3 Å². The fourth-order valence-electron chi connectivity index (χ4n) is 2.44. The molecule has 0 aromatic heterocycles. The van der Waals surface area contributed by atoms with Crippen LogP contribution in [0.5, 0.6) is 5.75 Å². The van der Waals surface area contributed by atoms with E-state index >= 15 is 0 Å². The predicted octanol–water partition coefficient (Wildman–Crippen LogP) is 4.18. The Kier molecular flexibility index (Phi) is 4.38. The smallest absolute Gasteiger partial charge is 0.122 e. The van der Waals surface area contributed by atoms with Crippen molar-refractivity contribution in [2.75, 3.05) is 18.5 Å². The second-order valence-electron chi connectivity index (χ2n) is 4.97. The summed E-state index contributed by atoms with van der Waals surface area (Å²) < 4.78 is 6.34. The number of aliphatic hydroxyl groups excluding tert-OH is 1. The highest BCUT2D eigenvalue weighted by Crippen LogP contribution is 2.31. The molecule has 2 aromatic rings. The molecule has 0 radical (unpaired) electrons. The van der Waals surface area contributed by atoms with E-state index in [1.54, 1.807) is 0 Å². The van der Waals surface area contributed by atoms with Gasteiger partial charge in [0.15, 0.2) is 0 Å². The number of ether oxygens (including phenoxy) is 1. The van der Waals surface area contributed by atoms with E-state index in [1.807, 2.05) is 30.3 Å². The molecule has 0 fully saturated rings. The van der Waals surface area contributed by atoms with Crippen molar-refractivity contribution in [1.29, 1.82) is 0 Å². The van der Waals surface area contributed by atoms with Gasteiger partial charge in [-0.15, -0.1) is 0 Å². The topological polar surface area (TPSA) is 41.5 Å². The number of aliphatic hydroxyl groups is 1. The molecule has 5 heteroatoms. The highest BCUT2D eigenvalue weighted by Gasteiger charge is 2.16. The van der Waals surface area contributed by atoms with Crippen LogP contribution in [0.25, 0.3) is 0 Å². The number of halogens is 2. The van der Waals surface area contributed by atoms with Crippen LogP contribution in [0.4, 0.5) is 5.69 Å². The molecule has 2 aromatic carbocycles. The van der Waals surface area contributed by atoms with Gasteiger partial charge >= 0.3 is 0 Å². The number of nitrogens with one attached hydrogen (secondary N) is 1. The van der Waals surface area contributed by atoms with Crippen LogP contribution in [0, 0.1) is 0 Å². The van der Waals surface area contributed by atoms with Gasteiger partial charge in [-0.1, -0.05) is 17.7 Å². The number of hydrogen-bond donors (Lipinski definition) is 2. The maximum Gasteiger partial charge on any atom is 0.122 e. The molecule has 2 N–H and O–H groups in total. The third-order valence-corrected chi connectivity index (χ3v) is 4.77. The molecule has 3 nitrogen and oxygen atoms in total. The van der Waals surface area contributed by atoms with Gasteiger partial charge in [-0.05, 0) is 57.4 Å². The first-order valence-corrected chi connectivity index (χ1v) is 7.92.